The van der Waals surface area contributed by atoms with E-state index in [0.29, 0.717) is 30.8 Å². The van der Waals surface area contributed by atoms with E-state index in [2.05, 4.69) is 15.4 Å². The van der Waals surface area contributed by atoms with E-state index >= 15 is 0 Å². The highest BCUT2D eigenvalue weighted by atomic mass is 16.5. The number of nitrogens with one attached hydrogen (secondary N) is 1. The maximum Gasteiger partial charge on any atom is 0.255 e. The van der Waals surface area contributed by atoms with Gasteiger partial charge in [0.15, 0.2) is 0 Å². The lowest BCUT2D eigenvalue weighted by molar-refractivity contribution is 0.0389. The summed E-state index contributed by atoms with van der Waals surface area (Å²) in [5.41, 5.74) is 6.66. The second-order valence-corrected chi connectivity index (χ2v) is 5.02. The fraction of sp³-hybridized carbons (Fsp3) is 0.462. The van der Waals surface area contributed by atoms with Gasteiger partial charge in [-0.15, -0.1) is 0 Å². The van der Waals surface area contributed by atoms with E-state index in [1.165, 1.54) is 0 Å². The summed E-state index contributed by atoms with van der Waals surface area (Å²) < 4.78 is 6.96. The van der Waals surface area contributed by atoms with Crippen LogP contribution in [0.4, 0.5) is 0 Å². The SMILES string of the molecule is NCC1(NC(=O)c2cnn3ccncc23)CCOCC1. The van der Waals surface area contributed by atoms with E-state index in [-0.39, 0.29) is 11.4 Å². The molecule has 0 aromatic carbocycles. The molecule has 3 N–H and O–H groups in total. The molecule has 1 saturated heterocycles. The zero-order valence-electron chi connectivity index (χ0n) is 11.1. The van der Waals surface area contributed by atoms with Crippen molar-refractivity contribution in [1.29, 1.82) is 0 Å². The molecule has 0 saturated carbocycles. The molecule has 7 heteroatoms. The Labute approximate surface area is 116 Å². The molecular formula is C13H17N5O2. The maximum absolute atomic E-state index is 12.5. The average Bonchev–Trinajstić information content (AvgIpc) is 2.92. The van der Waals surface area contributed by atoms with Crippen LogP contribution in [0.1, 0.15) is 23.2 Å². The summed E-state index contributed by atoms with van der Waals surface area (Å²) in [5, 5.41) is 7.19. The molecule has 2 aromatic rings. The minimum atomic E-state index is -0.383. The number of carbonyl (C=O) groups is 1. The Morgan fingerprint density at radius 2 is 2.25 bits per heavy atom. The minimum absolute atomic E-state index is 0.166. The number of hydrogen-bond donors (Lipinski definition) is 2. The molecule has 1 aliphatic heterocycles. The van der Waals surface area contributed by atoms with Gasteiger partial charge < -0.3 is 15.8 Å². The van der Waals surface area contributed by atoms with Gasteiger partial charge in [0.25, 0.3) is 5.91 Å². The van der Waals surface area contributed by atoms with E-state index in [1.807, 2.05) is 0 Å². The van der Waals surface area contributed by atoms with Gasteiger partial charge >= 0.3 is 0 Å². The summed E-state index contributed by atoms with van der Waals surface area (Å²) in [6, 6.07) is 0. The van der Waals surface area contributed by atoms with Gasteiger partial charge in [-0.3, -0.25) is 9.78 Å². The number of fused-ring (bicyclic) bond motifs is 1. The summed E-state index contributed by atoms with van der Waals surface area (Å²) in [4.78, 5) is 16.5. The van der Waals surface area contributed by atoms with Crippen molar-refractivity contribution in [2.75, 3.05) is 19.8 Å². The van der Waals surface area contributed by atoms with Crippen LogP contribution < -0.4 is 11.1 Å². The molecule has 7 nitrogen and oxygen atoms in total. The maximum atomic E-state index is 12.5. The highest BCUT2D eigenvalue weighted by Crippen LogP contribution is 2.20. The number of aromatic nitrogens is 3. The molecule has 3 heterocycles. The molecular weight excluding hydrogens is 258 g/mol. The zero-order chi connectivity index (χ0) is 14.0. The smallest absolute Gasteiger partial charge is 0.255 e. The minimum Gasteiger partial charge on any atom is -0.381 e. The topological polar surface area (TPSA) is 94.5 Å². The Bertz CT molecular complexity index is 618. The van der Waals surface area contributed by atoms with Crippen molar-refractivity contribution in [3.8, 4) is 0 Å². The van der Waals surface area contributed by atoms with Crippen LogP contribution in [0.2, 0.25) is 0 Å². The van der Waals surface area contributed by atoms with E-state index in [4.69, 9.17) is 10.5 Å². The lowest BCUT2D eigenvalue weighted by Crippen LogP contribution is -2.56. The van der Waals surface area contributed by atoms with Gasteiger partial charge in [-0.1, -0.05) is 0 Å². The van der Waals surface area contributed by atoms with E-state index in [0.717, 1.165) is 12.8 Å². The fourth-order valence-corrected chi connectivity index (χ4v) is 2.46. The Morgan fingerprint density at radius 3 is 3.00 bits per heavy atom. The first kappa shape index (κ1) is 13.0. The molecule has 0 atom stereocenters. The lowest BCUT2D eigenvalue weighted by atomic mass is 9.90. The summed E-state index contributed by atoms with van der Waals surface area (Å²) in [6.07, 6.45) is 7.97. The predicted molar refractivity (Wildman–Crippen MR) is 72.3 cm³/mol. The number of rotatable bonds is 3. The van der Waals surface area contributed by atoms with Crippen LogP contribution in [-0.4, -0.2) is 45.8 Å². The van der Waals surface area contributed by atoms with E-state index < -0.39 is 0 Å². The van der Waals surface area contributed by atoms with Gasteiger partial charge in [0.1, 0.15) is 0 Å². The van der Waals surface area contributed by atoms with Crippen molar-refractivity contribution in [3.05, 3.63) is 30.4 Å². The number of hydrogen-bond acceptors (Lipinski definition) is 5. The van der Waals surface area contributed by atoms with Gasteiger partial charge in [0, 0.05) is 32.2 Å². The Balaban J connectivity index is 1.85. The molecule has 1 aliphatic rings. The molecule has 3 rings (SSSR count). The summed E-state index contributed by atoms with van der Waals surface area (Å²) in [5.74, 6) is -0.166. The summed E-state index contributed by atoms with van der Waals surface area (Å²) in [6.45, 7) is 1.64. The quantitative estimate of drug-likeness (QED) is 0.820. The van der Waals surface area contributed by atoms with Crippen LogP contribution in [-0.2, 0) is 4.74 Å². The monoisotopic (exact) mass is 275 g/mol. The number of nitrogens with two attached hydrogens (primary N) is 1. The number of nitrogens with zero attached hydrogens (tertiary/aromatic N) is 3. The number of ether oxygens (including phenoxy) is 1. The second kappa shape index (κ2) is 5.18. The molecule has 0 bridgehead atoms. The van der Waals surface area contributed by atoms with Crippen molar-refractivity contribution in [3.63, 3.8) is 0 Å². The standard InChI is InChI=1S/C13H17N5O2/c14-9-13(1-5-20-6-2-13)17-12(19)10-7-16-18-4-3-15-8-11(10)18/h3-4,7-8H,1-2,5-6,9,14H2,(H,17,19). The van der Waals surface area contributed by atoms with Crippen molar-refractivity contribution in [2.24, 2.45) is 5.73 Å². The Hall–Kier alpha value is -1.99. The third kappa shape index (κ3) is 2.25. The number of carbonyl (C=O) groups excluding carboxylic acids is 1. The van der Waals surface area contributed by atoms with Crippen LogP contribution in [0.25, 0.3) is 5.52 Å². The normalized spacial score (nSPS) is 18.1. The molecule has 106 valence electrons. The zero-order valence-corrected chi connectivity index (χ0v) is 11.1. The summed E-state index contributed by atoms with van der Waals surface area (Å²) >= 11 is 0. The molecule has 1 fully saturated rings. The van der Waals surface area contributed by atoms with E-state index in [9.17, 15) is 4.79 Å². The molecule has 0 spiro atoms. The lowest BCUT2D eigenvalue weighted by Gasteiger charge is -2.36. The first-order chi connectivity index (χ1) is 9.74. The van der Waals surface area contributed by atoms with Crippen molar-refractivity contribution < 1.29 is 9.53 Å². The molecule has 0 unspecified atom stereocenters. The van der Waals surface area contributed by atoms with Gasteiger partial charge in [0.2, 0.25) is 0 Å². The first-order valence-corrected chi connectivity index (χ1v) is 6.62. The molecule has 20 heavy (non-hydrogen) atoms. The first-order valence-electron chi connectivity index (χ1n) is 6.62. The van der Waals surface area contributed by atoms with Gasteiger partial charge in [-0.25, -0.2) is 4.52 Å². The largest absolute Gasteiger partial charge is 0.381 e. The third-order valence-corrected chi connectivity index (χ3v) is 3.79. The van der Waals surface area contributed by atoms with Crippen molar-refractivity contribution in [1.82, 2.24) is 19.9 Å². The van der Waals surface area contributed by atoms with Crippen LogP contribution >= 0.6 is 0 Å². The molecule has 1 amide bonds. The third-order valence-electron chi connectivity index (χ3n) is 3.79. The van der Waals surface area contributed by atoms with Gasteiger partial charge in [-0.05, 0) is 12.8 Å². The molecule has 0 aliphatic carbocycles. The summed E-state index contributed by atoms with van der Waals surface area (Å²) in [7, 11) is 0. The van der Waals surface area contributed by atoms with E-state index in [1.54, 1.807) is 29.3 Å². The second-order valence-electron chi connectivity index (χ2n) is 5.02. The highest BCUT2D eigenvalue weighted by molar-refractivity contribution is 6.00. The molecule has 0 radical (unpaired) electrons. The van der Waals surface area contributed by atoms with Gasteiger partial charge in [0.05, 0.1) is 29.0 Å². The molecule has 2 aromatic heterocycles. The fourth-order valence-electron chi connectivity index (χ4n) is 2.46. The van der Waals surface area contributed by atoms with Crippen LogP contribution in [0.15, 0.2) is 24.8 Å². The highest BCUT2D eigenvalue weighted by Gasteiger charge is 2.33. The van der Waals surface area contributed by atoms with Crippen LogP contribution in [0.3, 0.4) is 0 Å². The average molecular weight is 275 g/mol. The predicted octanol–water partition coefficient (Wildman–Crippen LogP) is -0.0330. The van der Waals surface area contributed by atoms with Crippen molar-refractivity contribution in [2.45, 2.75) is 18.4 Å². The van der Waals surface area contributed by atoms with Crippen molar-refractivity contribution >= 4 is 11.4 Å². The Morgan fingerprint density at radius 1 is 1.45 bits per heavy atom. The number of amides is 1. The van der Waals surface area contributed by atoms with Crippen LogP contribution in [0.5, 0.6) is 0 Å². The van der Waals surface area contributed by atoms with Gasteiger partial charge in [-0.2, -0.15) is 5.10 Å². The van der Waals surface area contributed by atoms with Crippen LogP contribution in [0, 0.1) is 0 Å². The Kier molecular flexibility index (Phi) is 3.37.